The lowest BCUT2D eigenvalue weighted by atomic mass is 10.2. The number of aliphatic hydroxyl groups is 1. The molecule has 3 rings (SSSR count). The summed E-state index contributed by atoms with van der Waals surface area (Å²) in [5.41, 5.74) is 0.818. The minimum absolute atomic E-state index is 0.0669. The van der Waals surface area contributed by atoms with Gasteiger partial charge in [0.15, 0.2) is 0 Å². The topological polar surface area (TPSA) is 61.4 Å². The number of aliphatic hydroxyl groups excluding tert-OH is 1. The zero-order valence-corrected chi connectivity index (χ0v) is 12.9. The molecule has 2 aliphatic rings. The number of anilines is 1. The van der Waals surface area contributed by atoms with Gasteiger partial charge in [-0.05, 0) is 43.5 Å². The summed E-state index contributed by atoms with van der Waals surface area (Å²) in [6.07, 6.45) is 5.42. The van der Waals surface area contributed by atoms with E-state index in [9.17, 15) is 9.90 Å². The van der Waals surface area contributed by atoms with E-state index in [1.807, 2.05) is 23.9 Å². The minimum Gasteiger partial charge on any atom is -0.392 e. The van der Waals surface area contributed by atoms with Crippen LogP contribution in [-0.2, 0) is 4.79 Å². The summed E-state index contributed by atoms with van der Waals surface area (Å²) in [5, 5.41) is 16.1. The van der Waals surface area contributed by atoms with Crippen molar-refractivity contribution in [1.82, 2.24) is 5.32 Å². The van der Waals surface area contributed by atoms with Gasteiger partial charge in [0.25, 0.3) is 0 Å². The average Bonchev–Trinajstić information content (AvgIpc) is 3.12. The van der Waals surface area contributed by atoms with Crippen molar-refractivity contribution in [1.29, 1.82) is 0 Å². The molecular formula is C16H22N2O2S. The van der Waals surface area contributed by atoms with Crippen molar-refractivity contribution in [2.24, 2.45) is 0 Å². The number of nitrogens with one attached hydrogen (secondary N) is 2. The van der Waals surface area contributed by atoms with E-state index in [1.54, 1.807) is 0 Å². The van der Waals surface area contributed by atoms with Crippen molar-refractivity contribution in [3.05, 3.63) is 24.3 Å². The van der Waals surface area contributed by atoms with E-state index in [-0.39, 0.29) is 11.9 Å². The molecule has 1 saturated carbocycles. The molecule has 1 aromatic carbocycles. The fraction of sp³-hybridized carbons (Fsp3) is 0.562. The van der Waals surface area contributed by atoms with Crippen LogP contribution in [0.4, 0.5) is 5.69 Å². The summed E-state index contributed by atoms with van der Waals surface area (Å²) in [5.74, 6) is -0.0669. The first kappa shape index (κ1) is 14.9. The number of hydrogen-bond donors (Lipinski definition) is 3. The predicted molar refractivity (Wildman–Crippen MR) is 85.6 cm³/mol. The fourth-order valence-corrected chi connectivity index (χ4v) is 4.21. The summed E-state index contributed by atoms with van der Waals surface area (Å²) in [6.45, 7) is 0.495. The molecule has 0 bridgehead atoms. The van der Waals surface area contributed by atoms with Crippen molar-refractivity contribution in [3.63, 3.8) is 0 Å². The lowest BCUT2D eigenvalue weighted by Crippen LogP contribution is -2.35. The summed E-state index contributed by atoms with van der Waals surface area (Å²) in [6, 6.07) is 7.79. The largest absolute Gasteiger partial charge is 0.392 e. The number of hydrogen-bond acceptors (Lipinski definition) is 4. The molecule has 0 aromatic heterocycles. The van der Waals surface area contributed by atoms with Gasteiger partial charge in [-0.15, -0.1) is 11.8 Å². The molecule has 4 nitrogen and oxygen atoms in total. The first-order chi connectivity index (χ1) is 10.2. The Labute approximate surface area is 129 Å². The number of rotatable bonds is 4. The van der Waals surface area contributed by atoms with E-state index in [0.717, 1.165) is 10.9 Å². The quantitative estimate of drug-likeness (QED) is 0.799. The summed E-state index contributed by atoms with van der Waals surface area (Å²) in [4.78, 5) is 13.3. The monoisotopic (exact) mass is 306 g/mol. The molecular weight excluding hydrogens is 284 g/mol. The van der Waals surface area contributed by atoms with E-state index in [4.69, 9.17) is 0 Å². The highest BCUT2D eigenvalue weighted by atomic mass is 32.2. The van der Waals surface area contributed by atoms with Crippen LogP contribution in [0.25, 0.3) is 0 Å². The molecule has 2 atom stereocenters. The second-order valence-electron chi connectivity index (χ2n) is 5.89. The molecule has 1 heterocycles. The normalized spacial score (nSPS) is 26.1. The molecule has 2 unspecified atom stereocenters. The lowest BCUT2D eigenvalue weighted by molar-refractivity contribution is -0.117. The Morgan fingerprint density at radius 1 is 1.24 bits per heavy atom. The van der Waals surface area contributed by atoms with Gasteiger partial charge in [-0.1, -0.05) is 12.8 Å². The van der Waals surface area contributed by atoms with E-state index in [2.05, 4.69) is 22.8 Å². The molecule has 1 aliphatic heterocycles. The van der Waals surface area contributed by atoms with Crippen molar-refractivity contribution in [3.8, 4) is 0 Å². The van der Waals surface area contributed by atoms with Gasteiger partial charge < -0.3 is 15.7 Å². The maximum Gasteiger partial charge on any atom is 0.241 e. The van der Waals surface area contributed by atoms with Crippen molar-refractivity contribution in [2.75, 3.05) is 11.9 Å². The molecule has 1 amide bonds. The van der Waals surface area contributed by atoms with Gasteiger partial charge in [0, 0.05) is 22.4 Å². The summed E-state index contributed by atoms with van der Waals surface area (Å²) < 4.78 is 0. The maximum absolute atomic E-state index is 12.0. The predicted octanol–water partition coefficient (Wildman–Crippen LogP) is 2.38. The molecule has 3 N–H and O–H groups in total. The number of benzene rings is 1. The molecule has 1 aliphatic carbocycles. The molecule has 114 valence electrons. The number of carbonyl (C=O) groups is 1. The minimum atomic E-state index is -0.411. The maximum atomic E-state index is 12.0. The Morgan fingerprint density at radius 2 is 1.95 bits per heavy atom. The Morgan fingerprint density at radius 3 is 2.57 bits per heavy atom. The zero-order valence-electron chi connectivity index (χ0n) is 12.0. The Hall–Kier alpha value is -1.04. The Balaban J connectivity index is 1.53. The first-order valence-corrected chi connectivity index (χ1v) is 8.58. The van der Waals surface area contributed by atoms with E-state index < -0.39 is 6.10 Å². The Bertz CT molecular complexity index is 486. The number of amides is 1. The van der Waals surface area contributed by atoms with Crippen LogP contribution in [0.1, 0.15) is 32.1 Å². The van der Waals surface area contributed by atoms with Crippen LogP contribution in [0.5, 0.6) is 0 Å². The third kappa shape index (κ3) is 3.99. The highest BCUT2D eigenvalue weighted by molar-refractivity contribution is 8.00. The van der Waals surface area contributed by atoms with E-state index in [0.29, 0.717) is 13.0 Å². The molecule has 2 fully saturated rings. The molecule has 0 spiro atoms. The van der Waals surface area contributed by atoms with Gasteiger partial charge in [0.1, 0.15) is 0 Å². The van der Waals surface area contributed by atoms with E-state index in [1.165, 1.54) is 30.6 Å². The summed E-state index contributed by atoms with van der Waals surface area (Å²) in [7, 11) is 0. The molecule has 5 heteroatoms. The van der Waals surface area contributed by atoms with Crippen LogP contribution in [0.3, 0.4) is 0 Å². The molecule has 1 aromatic rings. The molecule has 21 heavy (non-hydrogen) atoms. The lowest BCUT2D eigenvalue weighted by Gasteiger charge is -2.12. The number of carbonyl (C=O) groups excluding carboxylic acids is 1. The van der Waals surface area contributed by atoms with Crippen LogP contribution in [0, 0.1) is 0 Å². The number of β-amino-alcohol motifs (C(OH)–C–C–N with tert-alkyl or cyclic N) is 1. The second kappa shape index (κ2) is 6.81. The van der Waals surface area contributed by atoms with Crippen molar-refractivity contribution < 1.29 is 9.90 Å². The third-order valence-corrected chi connectivity index (χ3v) is 5.50. The third-order valence-electron chi connectivity index (χ3n) is 4.15. The van der Waals surface area contributed by atoms with Crippen molar-refractivity contribution >= 4 is 23.4 Å². The smallest absolute Gasteiger partial charge is 0.241 e. The highest BCUT2D eigenvalue weighted by Gasteiger charge is 2.27. The van der Waals surface area contributed by atoms with Crippen LogP contribution in [0.15, 0.2) is 29.2 Å². The molecule has 1 saturated heterocycles. The van der Waals surface area contributed by atoms with Crippen LogP contribution >= 0.6 is 11.8 Å². The van der Waals surface area contributed by atoms with Crippen LogP contribution in [0.2, 0.25) is 0 Å². The number of thioether (sulfide) groups is 1. The van der Waals surface area contributed by atoms with Gasteiger partial charge in [-0.25, -0.2) is 0 Å². The first-order valence-electron chi connectivity index (χ1n) is 7.70. The SMILES string of the molecule is O=C(Nc1ccc(SC2CCCC2)cc1)C1CC(O)CN1. The zero-order chi connectivity index (χ0) is 14.7. The van der Waals surface area contributed by atoms with Gasteiger partial charge in [0.05, 0.1) is 12.1 Å². The van der Waals surface area contributed by atoms with Gasteiger partial charge in [-0.3, -0.25) is 4.79 Å². The van der Waals surface area contributed by atoms with Gasteiger partial charge >= 0.3 is 0 Å². The van der Waals surface area contributed by atoms with Crippen molar-refractivity contribution in [2.45, 2.75) is 54.4 Å². The highest BCUT2D eigenvalue weighted by Crippen LogP contribution is 2.34. The van der Waals surface area contributed by atoms with Crippen LogP contribution in [-0.4, -0.2) is 35.0 Å². The summed E-state index contributed by atoms with van der Waals surface area (Å²) >= 11 is 1.95. The van der Waals surface area contributed by atoms with Crippen LogP contribution < -0.4 is 10.6 Å². The van der Waals surface area contributed by atoms with E-state index >= 15 is 0 Å². The second-order valence-corrected chi connectivity index (χ2v) is 7.26. The molecule has 0 radical (unpaired) electrons. The van der Waals surface area contributed by atoms with Gasteiger partial charge in [0.2, 0.25) is 5.91 Å². The average molecular weight is 306 g/mol. The standard InChI is InChI=1S/C16H22N2O2S/c19-12-9-15(17-10-12)16(20)18-11-5-7-14(8-6-11)21-13-3-1-2-4-13/h5-8,12-13,15,17,19H,1-4,9-10H2,(H,18,20). The Kier molecular flexibility index (Phi) is 4.83. The fourth-order valence-electron chi connectivity index (χ4n) is 2.96. The van der Waals surface area contributed by atoms with Gasteiger partial charge in [-0.2, -0.15) is 0 Å².